The zero-order chi connectivity index (χ0) is 21.6. The van der Waals surface area contributed by atoms with Crippen LogP contribution in [0.1, 0.15) is 19.3 Å². The van der Waals surface area contributed by atoms with Crippen molar-refractivity contribution in [1.82, 2.24) is 14.5 Å². The molecule has 0 saturated carbocycles. The first-order valence-corrected chi connectivity index (χ1v) is 11.8. The number of carbonyl (C=O) groups excluding carboxylic acids is 1. The number of methoxy groups -OCH3 is 1. The van der Waals surface area contributed by atoms with Gasteiger partial charge in [-0.3, -0.25) is 9.69 Å². The fourth-order valence-corrected chi connectivity index (χ4v) is 5.47. The highest BCUT2D eigenvalue weighted by atomic mass is 32.2. The Morgan fingerprint density at radius 3 is 2.60 bits per heavy atom. The Kier molecular flexibility index (Phi) is 8.04. The van der Waals surface area contributed by atoms with Crippen LogP contribution in [0, 0.1) is 11.7 Å². The van der Waals surface area contributed by atoms with Crippen LogP contribution in [0.2, 0.25) is 0 Å². The molecule has 1 aromatic rings. The number of sulfonamides is 1. The molecule has 0 atom stereocenters. The second-order valence-electron chi connectivity index (χ2n) is 7.57. The molecule has 1 amide bonds. The molecule has 2 aliphatic heterocycles. The summed E-state index contributed by atoms with van der Waals surface area (Å²) in [5.74, 6) is -0.774. The van der Waals surface area contributed by atoms with E-state index in [9.17, 15) is 17.6 Å². The second-order valence-corrected chi connectivity index (χ2v) is 9.48. The first-order chi connectivity index (χ1) is 14.4. The van der Waals surface area contributed by atoms with Crippen molar-refractivity contribution in [1.29, 1.82) is 0 Å². The third-order valence-electron chi connectivity index (χ3n) is 5.62. The molecule has 0 aliphatic carbocycles. The molecule has 1 aromatic carbocycles. The van der Waals surface area contributed by atoms with Gasteiger partial charge < -0.3 is 14.8 Å². The normalized spacial score (nSPS) is 19.5. The lowest BCUT2D eigenvalue weighted by Gasteiger charge is -2.31. The number of carbonyl (C=O) groups is 1. The molecular weight excluding hydrogens is 413 g/mol. The van der Waals surface area contributed by atoms with E-state index >= 15 is 0 Å². The number of ether oxygens (including phenoxy) is 2. The standard InChI is InChI=1S/C20H30FN3O5S/c1-28-18-4-3-17(21)15-19(18)30(26,27)24-9-5-16(6-10-24)20(25)22-7-2-8-23-11-13-29-14-12-23/h3-4,15-16H,2,5-14H2,1H3,(H,22,25). The van der Waals surface area contributed by atoms with Crippen molar-refractivity contribution in [2.24, 2.45) is 5.92 Å². The maximum absolute atomic E-state index is 13.6. The van der Waals surface area contributed by atoms with Gasteiger partial charge >= 0.3 is 0 Å². The summed E-state index contributed by atoms with van der Waals surface area (Å²) in [7, 11) is -2.54. The van der Waals surface area contributed by atoms with Crippen molar-refractivity contribution in [2.75, 3.05) is 59.6 Å². The summed E-state index contributed by atoms with van der Waals surface area (Å²) in [5, 5.41) is 2.97. The molecule has 168 valence electrons. The largest absolute Gasteiger partial charge is 0.495 e. The molecule has 30 heavy (non-hydrogen) atoms. The molecule has 2 fully saturated rings. The van der Waals surface area contributed by atoms with Crippen LogP contribution in [-0.2, 0) is 19.6 Å². The van der Waals surface area contributed by atoms with E-state index in [1.807, 2.05) is 0 Å². The van der Waals surface area contributed by atoms with Crippen molar-refractivity contribution in [3.8, 4) is 5.75 Å². The van der Waals surface area contributed by atoms with Gasteiger partial charge in [-0.25, -0.2) is 12.8 Å². The van der Waals surface area contributed by atoms with Crippen molar-refractivity contribution < 1.29 is 27.1 Å². The number of halogens is 1. The van der Waals surface area contributed by atoms with E-state index in [-0.39, 0.29) is 35.6 Å². The van der Waals surface area contributed by atoms with Gasteiger partial charge in [0.05, 0.1) is 20.3 Å². The summed E-state index contributed by atoms with van der Waals surface area (Å²) in [6.45, 7) is 5.34. The molecule has 0 spiro atoms. The maximum Gasteiger partial charge on any atom is 0.246 e. The maximum atomic E-state index is 13.6. The Morgan fingerprint density at radius 2 is 1.93 bits per heavy atom. The molecule has 1 N–H and O–H groups in total. The number of hydrogen-bond donors (Lipinski definition) is 1. The molecule has 0 bridgehead atoms. The van der Waals surface area contributed by atoms with Crippen LogP contribution in [0.15, 0.2) is 23.1 Å². The van der Waals surface area contributed by atoms with Gasteiger partial charge in [0.15, 0.2) is 0 Å². The summed E-state index contributed by atoms with van der Waals surface area (Å²) in [5.41, 5.74) is 0. The van der Waals surface area contributed by atoms with Crippen LogP contribution < -0.4 is 10.1 Å². The zero-order valence-corrected chi connectivity index (χ0v) is 18.1. The third kappa shape index (κ3) is 5.69. The lowest BCUT2D eigenvalue weighted by molar-refractivity contribution is -0.126. The number of amides is 1. The number of nitrogens with zero attached hydrogens (tertiary/aromatic N) is 2. The number of nitrogens with one attached hydrogen (secondary N) is 1. The van der Waals surface area contributed by atoms with E-state index < -0.39 is 15.8 Å². The van der Waals surface area contributed by atoms with Crippen LogP contribution in [0.4, 0.5) is 4.39 Å². The van der Waals surface area contributed by atoms with Gasteiger partial charge in [-0.1, -0.05) is 0 Å². The molecule has 0 unspecified atom stereocenters. The van der Waals surface area contributed by atoms with Gasteiger partial charge in [-0.2, -0.15) is 4.31 Å². The SMILES string of the molecule is COc1ccc(F)cc1S(=O)(=O)N1CCC(C(=O)NCCCN2CCOCC2)CC1. The average molecular weight is 444 g/mol. The number of benzene rings is 1. The highest BCUT2D eigenvalue weighted by Gasteiger charge is 2.33. The number of morpholine rings is 1. The highest BCUT2D eigenvalue weighted by molar-refractivity contribution is 7.89. The summed E-state index contributed by atoms with van der Waals surface area (Å²) in [6.07, 6.45) is 1.75. The van der Waals surface area contributed by atoms with E-state index in [0.717, 1.165) is 51.4 Å². The zero-order valence-electron chi connectivity index (χ0n) is 17.3. The summed E-state index contributed by atoms with van der Waals surface area (Å²) >= 11 is 0. The van der Waals surface area contributed by atoms with Gasteiger partial charge in [0, 0.05) is 38.6 Å². The molecular formula is C20H30FN3O5S. The Labute approximate surface area is 177 Å². The molecule has 3 rings (SSSR count). The molecule has 0 radical (unpaired) electrons. The van der Waals surface area contributed by atoms with E-state index in [0.29, 0.717) is 19.4 Å². The van der Waals surface area contributed by atoms with E-state index in [4.69, 9.17) is 9.47 Å². The Bertz CT molecular complexity index is 822. The second kappa shape index (κ2) is 10.5. The predicted molar refractivity (Wildman–Crippen MR) is 109 cm³/mol. The van der Waals surface area contributed by atoms with Gasteiger partial charge in [0.2, 0.25) is 15.9 Å². The summed E-state index contributed by atoms with van der Waals surface area (Å²) in [4.78, 5) is 14.6. The quantitative estimate of drug-likeness (QED) is 0.605. The minimum atomic E-state index is -3.89. The molecule has 10 heteroatoms. The Balaban J connectivity index is 1.47. The first kappa shape index (κ1) is 22.9. The minimum Gasteiger partial charge on any atom is -0.495 e. The number of hydrogen-bond acceptors (Lipinski definition) is 6. The van der Waals surface area contributed by atoms with E-state index in [1.54, 1.807) is 0 Å². The lowest BCUT2D eigenvalue weighted by atomic mass is 9.97. The molecule has 2 saturated heterocycles. The van der Waals surface area contributed by atoms with Crippen molar-refractivity contribution in [3.63, 3.8) is 0 Å². The smallest absolute Gasteiger partial charge is 0.246 e. The highest BCUT2D eigenvalue weighted by Crippen LogP contribution is 2.30. The third-order valence-corrected chi connectivity index (χ3v) is 7.54. The number of rotatable bonds is 8. The molecule has 2 aliphatic rings. The van der Waals surface area contributed by atoms with E-state index in [2.05, 4.69) is 10.2 Å². The fraction of sp³-hybridized carbons (Fsp3) is 0.650. The van der Waals surface area contributed by atoms with Gasteiger partial charge in [-0.15, -0.1) is 0 Å². The number of piperidine rings is 1. The fourth-order valence-electron chi connectivity index (χ4n) is 3.83. The minimum absolute atomic E-state index is 0.0302. The monoisotopic (exact) mass is 443 g/mol. The van der Waals surface area contributed by atoms with Gasteiger partial charge in [0.25, 0.3) is 0 Å². The summed E-state index contributed by atoms with van der Waals surface area (Å²) in [6, 6.07) is 3.44. The first-order valence-electron chi connectivity index (χ1n) is 10.3. The van der Waals surface area contributed by atoms with E-state index in [1.165, 1.54) is 17.5 Å². The molecule has 2 heterocycles. The van der Waals surface area contributed by atoms with Gasteiger partial charge in [0.1, 0.15) is 16.5 Å². The van der Waals surface area contributed by atoms with Crippen LogP contribution in [-0.4, -0.2) is 83.1 Å². The Morgan fingerprint density at radius 1 is 1.23 bits per heavy atom. The van der Waals surface area contributed by atoms with Crippen molar-refractivity contribution in [3.05, 3.63) is 24.0 Å². The molecule has 8 nitrogen and oxygen atoms in total. The van der Waals surface area contributed by atoms with Crippen molar-refractivity contribution >= 4 is 15.9 Å². The average Bonchev–Trinajstić information content (AvgIpc) is 2.77. The van der Waals surface area contributed by atoms with Crippen LogP contribution in [0.5, 0.6) is 5.75 Å². The van der Waals surface area contributed by atoms with Crippen LogP contribution >= 0.6 is 0 Å². The molecule has 0 aromatic heterocycles. The van der Waals surface area contributed by atoms with Crippen molar-refractivity contribution in [2.45, 2.75) is 24.2 Å². The Hall–Kier alpha value is -1.75. The topological polar surface area (TPSA) is 88.2 Å². The predicted octanol–water partition coefficient (Wildman–Crippen LogP) is 1.07. The summed E-state index contributed by atoms with van der Waals surface area (Å²) < 4.78 is 51.2. The lowest BCUT2D eigenvalue weighted by Crippen LogP contribution is -2.43. The van der Waals surface area contributed by atoms with Crippen LogP contribution in [0.25, 0.3) is 0 Å². The van der Waals surface area contributed by atoms with Gasteiger partial charge in [-0.05, 0) is 44.0 Å². The van der Waals surface area contributed by atoms with Crippen LogP contribution in [0.3, 0.4) is 0 Å².